The van der Waals surface area contributed by atoms with Crippen molar-refractivity contribution in [2.75, 3.05) is 6.54 Å². The minimum atomic E-state index is 0.0992. The topological polar surface area (TPSA) is 46.4 Å². The zero-order valence-corrected chi connectivity index (χ0v) is 10.4. The summed E-state index contributed by atoms with van der Waals surface area (Å²) in [5.74, 6) is 0.293. The molecule has 1 aliphatic heterocycles. The van der Waals surface area contributed by atoms with Gasteiger partial charge in [0, 0.05) is 36.7 Å². The van der Waals surface area contributed by atoms with Gasteiger partial charge in [-0.3, -0.25) is 9.20 Å². The molecule has 4 nitrogen and oxygen atoms in total. The Balaban J connectivity index is 1.77. The molecule has 0 aromatic carbocycles. The third-order valence-corrected chi connectivity index (χ3v) is 4.02. The number of fused-ring (bicyclic) bond motifs is 1. The molecule has 2 aromatic heterocycles. The molecule has 0 radical (unpaired) electrons. The lowest BCUT2D eigenvalue weighted by Gasteiger charge is -2.10. The molecule has 90 valence electrons. The molecule has 1 saturated heterocycles. The van der Waals surface area contributed by atoms with Gasteiger partial charge < -0.3 is 5.32 Å². The van der Waals surface area contributed by atoms with Crippen molar-refractivity contribution in [1.82, 2.24) is 14.7 Å². The second-order valence-electron chi connectivity index (χ2n) is 4.51. The summed E-state index contributed by atoms with van der Waals surface area (Å²) in [6.45, 7) is 0.827. The van der Waals surface area contributed by atoms with Crippen molar-refractivity contribution in [3.63, 3.8) is 0 Å². The second kappa shape index (κ2) is 4.49. The maximum atomic E-state index is 11.8. The number of nitrogens with zero attached hydrogens (tertiary/aromatic N) is 2. The van der Waals surface area contributed by atoms with Crippen LogP contribution >= 0.6 is 11.3 Å². The van der Waals surface area contributed by atoms with Crippen molar-refractivity contribution in [3.05, 3.63) is 23.5 Å². The Morgan fingerprint density at radius 1 is 1.53 bits per heavy atom. The number of thiazole rings is 1. The molecule has 1 aliphatic rings. The first-order valence-corrected chi connectivity index (χ1v) is 6.90. The lowest BCUT2D eigenvalue weighted by Crippen LogP contribution is -2.30. The van der Waals surface area contributed by atoms with Gasteiger partial charge in [0.05, 0.1) is 5.69 Å². The molecule has 1 N–H and O–H groups in total. The van der Waals surface area contributed by atoms with Crippen molar-refractivity contribution in [1.29, 1.82) is 0 Å². The summed E-state index contributed by atoms with van der Waals surface area (Å²) < 4.78 is 2.02. The molecule has 1 unspecified atom stereocenters. The van der Waals surface area contributed by atoms with Gasteiger partial charge in [0.1, 0.15) is 0 Å². The lowest BCUT2D eigenvalue weighted by molar-refractivity contribution is -0.124. The zero-order valence-electron chi connectivity index (χ0n) is 9.56. The average Bonchev–Trinajstić information content (AvgIpc) is 2.81. The molecule has 1 fully saturated rings. The van der Waals surface area contributed by atoms with Gasteiger partial charge in [0.15, 0.2) is 4.96 Å². The van der Waals surface area contributed by atoms with E-state index < -0.39 is 0 Å². The van der Waals surface area contributed by atoms with E-state index in [-0.39, 0.29) is 11.8 Å². The Morgan fingerprint density at radius 2 is 2.47 bits per heavy atom. The average molecular weight is 249 g/mol. The number of nitrogens with one attached hydrogen (secondary N) is 1. The number of carbonyl (C=O) groups excluding carboxylic acids is 1. The maximum Gasteiger partial charge on any atom is 0.223 e. The van der Waals surface area contributed by atoms with E-state index in [9.17, 15) is 4.79 Å². The number of rotatable bonds is 2. The summed E-state index contributed by atoms with van der Waals surface area (Å²) in [4.78, 5) is 17.4. The summed E-state index contributed by atoms with van der Waals surface area (Å²) in [6, 6.07) is 0. The largest absolute Gasteiger partial charge is 0.356 e. The third kappa shape index (κ3) is 2.20. The standard InChI is InChI=1S/C12H15N3OS/c16-11-9(3-1-2-4-13-11)7-10-8-15-5-6-17-12(15)14-10/h5-6,8-9H,1-4,7H2,(H,13,16). The fourth-order valence-electron chi connectivity index (χ4n) is 2.32. The minimum absolute atomic E-state index is 0.0992. The van der Waals surface area contributed by atoms with E-state index in [0.717, 1.165) is 42.9 Å². The van der Waals surface area contributed by atoms with Gasteiger partial charge in [-0.2, -0.15) is 0 Å². The smallest absolute Gasteiger partial charge is 0.223 e. The number of hydrogen-bond acceptors (Lipinski definition) is 3. The van der Waals surface area contributed by atoms with Crippen LogP contribution in [-0.4, -0.2) is 21.8 Å². The van der Waals surface area contributed by atoms with Crippen molar-refractivity contribution >= 4 is 22.2 Å². The summed E-state index contributed by atoms with van der Waals surface area (Å²) >= 11 is 1.63. The van der Waals surface area contributed by atoms with Crippen LogP contribution in [0.1, 0.15) is 25.0 Å². The Kier molecular flexibility index (Phi) is 2.84. The van der Waals surface area contributed by atoms with Crippen LogP contribution in [0.3, 0.4) is 0 Å². The maximum absolute atomic E-state index is 11.8. The molecule has 0 bridgehead atoms. The van der Waals surface area contributed by atoms with E-state index in [0.29, 0.717) is 0 Å². The predicted octanol–water partition coefficient (Wildman–Crippen LogP) is 1.85. The first-order chi connectivity index (χ1) is 8.33. The van der Waals surface area contributed by atoms with E-state index in [1.165, 1.54) is 0 Å². The van der Waals surface area contributed by atoms with Crippen LogP contribution in [0.5, 0.6) is 0 Å². The van der Waals surface area contributed by atoms with Gasteiger partial charge >= 0.3 is 0 Å². The van der Waals surface area contributed by atoms with Crippen LogP contribution in [0, 0.1) is 5.92 Å². The number of carbonyl (C=O) groups is 1. The van der Waals surface area contributed by atoms with Crippen LogP contribution in [-0.2, 0) is 11.2 Å². The Bertz CT molecular complexity index is 502. The van der Waals surface area contributed by atoms with Crippen molar-refractivity contribution in [2.24, 2.45) is 5.92 Å². The number of aromatic nitrogens is 2. The number of imidazole rings is 1. The molecule has 1 amide bonds. The Hall–Kier alpha value is -1.36. The SMILES string of the molecule is O=C1NCCCCC1Cc1cn2ccsc2n1. The van der Waals surface area contributed by atoms with Crippen LogP contribution < -0.4 is 5.32 Å². The molecule has 1 atom stereocenters. The first-order valence-electron chi connectivity index (χ1n) is 6.02. The normalized spacial score (nSPS) is 21.4. The molecule has 5 heteroatoms. The highest BCUT2D eigenvalue weighted by molar-refractivity contribution is 7.15. The van der Waals surface area contributed by atoms with Crippen LogP contribution in [0.15, 0.2) is 17.8 Å². The summed E-state index contributed by atoms with van der Waals surface area (Å²) in [7, 11) is 0. The van der Waals surface area contributed by atoms with E-state index in [2.05, 4.69) is 10.3 Å². The van der Waals surface area contributed by atoms with Gasteiger partial charge in [0.2, 0.25) is 5.91 Å². The van der Waals surface area contributed by atoms with Gasteiger partial charge in [-0.15, -0.1) is 11.3 Å². The lowest BCUT2D eigenvalue weighted by atomic mass is 9.97. The monoisotopic (exact) mass is 249 g/mol. The van der Waals surface area contributed by atoms with Gasteiger partial charge in [-0.1, -0.05) is 6.42 Å². The van der Waals surface area contributed by atoms with E-state index >= 15 is 0 Å². The molecule has 17 heavy (non-hydrogen) atoms. The molecular weight excluding hydrogens is 234 g/mol. The highest BCUT2D eigenvalue weighted by atomic mass is 32.1. The molecule has 3 heterocycles. The van der Waals surface area contributed by atoms with Crippen molar-refractivity contribution in [2.45, 2.75) is 25.7 Å². The minimum Gasteiger partial charge on any atom is -0.356 e. The van der Waals surface area contributed by atoms with Crippen LogP contribution in [0.4, 0.5) is 0 Å². The highest BCUT2D eigenvalue weighted by Gasteiger charge is 2.21. The van der Waals surface area contributed by atoms with E-state index in [1.807, 2.05) is 22.2 Å². The van der Waals surface area contributed by atoms with Gasteiger partial charge in [0.25, 0.3) is 0 Å². The molecular formula is C12H15N3OS. The fourth-order valence-corrected chi connectivity index (χ4v) is 3.04. The quantitative estimate of drug-likeness (QED) is 0.883. The predicted molar refractivity (Wildman–Crippen MR) is 67.1 cm³/mol. The Labute approximate surface area is 104 Å². The molecule has 3 rings (SSSR count). The number of amides is 1. The molecule has 0 spiro atoms. The molecule has 2 aromatic rings. The van der Waals surface area contributed by atoms with Crippen molar-refractivity contribution in [3.8, 4) is 0 Å². The van der Waals surface area contributed by atoms with Crippen LogP contribution in [0.2, 0.25) is 0 Å². The number of hydrogen-bond donors (Lipinski definition) is 1. The zero-order chi connectivity index (χ0) is 11.7. The summed E-state index contributed by atoms with van der Waals surface area (Å²) in [5.41, 5.74) is 1.03. The highest BCUT2D eigenvalue weighted by Crippen LogP contribution is 2.19. The second-order valence-corrected chi connectivity index (χ2v) is 5.39. The Morgan fingerprint density at radius 3 is 3.35 bits per heavy atom. The summed E-state index contributed by atoms with van der Waals surface area (Å²) in [6.07, 6.45) is 8.01. The summed E-state index contributed by atoms with van der Waals surface area (Å²) in [5, 5.41) is 4.99. The third-order valence-electron chi connectivity index (χ3n) is 3.25. The fraction of sp³-hybridized carbons (Fsp3) is 0.500. The first kappa shape index (κ1) is 10.8. The molecule has 0 aliphatic carbocycles. The molecule has 0 saturated carbocycles. The van der Waals surface area contributed by atoms with Gasteiger partial charge in [-0.25, -0.2) is 4.98 Å². The van der Waals surface area contributed by atoms with Gasteiger partial charge in [-0.05, 0) is 12.8 Å². The van der Waals surface area contributed by atoms with E-state index in [4.69, 9.17) is 0 Å². The van der Waals surface area contributed by atoms with Crippen LogP contribution in [0.25, 0.3) is 4.96 Å². The van der Waals surface area contributed by atoms with E-state index in [1.54, 1.807) is 11.3 Å². The van der Waals surface area contributed by atoms with Crippen molar-refractivity contribution < 1.29 is 4.79 Å².